The van der Waals surface area contributed by atoms with Gasteiger partial charge < -0.3 is 25.4 Å². The summed E-state index contributed by atoms with van der Waals surface area (Å²) in [4.78, 5) is 40.6. The fourth-order valence-electron chi connectivity index (χ4n) is 3.61. The molecule has 2 amide bonds. The number of nitrogens with one attached hydrogen (secondary N) is 2. The molecule has 0 unspecified atom stereocenters. The number of amides is 2. The van der Waals surface area contributed by atoms with Crippen molar-refractivity contribution in [3.8, 4) is 0 Å². The van der Waals surface area contributed by atoms with E-state index in [4.69, 9.17) is 4.74 Å². The van der Waals surface area contributed by atoms with Gasteiger partial charge in [-0.25, -0.2) is 4.79 Å². The molecule has 8 nitrogen and oxygen atoms in total. The van der Waals surface area contributed by atoms with Crippen molar-refractivity contribution < 1.29 is 24.2 Å². The van der Waals surface area contributed by atoms with Crippen molar-refractivity contribution in [1.82, 2.24) is 15.5 Å². The van der Waals surface area contributed by atoms with Crippen LogP contribution in [0.5, 0.6) is 0 Å². The molecule has 0 saturated heterocycles. The first kappa shape index (κ1) is 29.1. The van der Waals surface area contributed by atoms with Gasteiger partial charge in [0.25, 0.3) is 0 Å². The third-order valence-electron chi connectivity index (χ3n) is 5.11. The Labute approximate surface area is 187 Å². The molecule has 0 spiro atoms. The van der Waals surface area contributed by atoms with E-state index in [1.807, 2.05) is 34.6 Å². The van der Waals surface area contributed by atoms with Crippen molar-refractivity contribution in [2.45, 2.75) is 86.0 Å². The van der Waals surface area contributed by atoms with Crippen LogP contribution in [0.2, 0.25) is 0 Å². The molecule has 0 aliphatic heterocycles. The predicted octanol–water partition coefficient (Wildman–Crippen LogP) is 1.87. The first-order valence-electron chi connectivity index (χ1n) is 10.8. The lowest BCUT2D eigenvalue weighted by Gasteiger charge is -2.46. The van der Waals surface area contributed by atoms with Crippen molar-refractivity contribution in [3.05, 3.63) is 11.6 Å². The molecular weight excluding hydrogens is 398 g/mol. The van der Waals surface area contributed by atoms with Gasteiger partial charge in [-0.1, -0.05) is 40.7 Å². The molecular formula is C23H43N3O5. The van der Waals surface area contributed by atoms with Gasteiger partial charge in [0.2, 0.25) is 11.8 Å². The second-order valence-electron chi connectivity index (χ2n) is 9.81. The zero-order valence-corrected chi connectivity index (χ0v) is 21.1. The molecule has 0 radical (unpaired) electrons. The van der Waals surface area contributed by atoms with Crippen LogP contribution >= 0.6 is 0 Å². The molecule has 0 rings (SSSR count). The molecule has 0 saturated carbocycles. The molecule has 180 valence electrons. The summed E-state index contributed by atoms with van der Waals surface area (Å²) in [6, 6.07) is -2.39. The van der Waals surface area contributed by atoms with Crippen LogP contribution in [-0.2, 0) is 19.1 Å². The lowest BCUT2D eigenvalue weighted by atomic mass is 9.81. The number of hydrogen-bond acceptors (Lipinski definition) is 6. The van der Waals surface area contributed by atoms with Gasteiger partial charge in [-0.15, -0.1) is 0 Å². The molecule has 0 aromatic carbocycles. The molecule has 0 fully saturated rings. The SMILES string of the molecule is CCOC(=O)/C(C)=C/[C@H](C(C)C)N(C(=O)[C@@H](NC)C(C)(C)O)[C@H](C(=O)NC)C(C)(C)C. The normalized spacial score (nSPS) is 15.8. The van der Waals surface area contributed by atoms with E-state index in [0.29, 0.717) is 5.57 Å². The van der Waals surface area contributed by atoms with E-state index in [9.17, 15) is 19.5 Å². The maximum absolute atomic E-state index is 13.8. The molecule has 0 aliphatic rings. The molecule has 0 bridgehead atoms. The minimum absolute atomic E-state index is 0.123. The summed E-state index contributed by atoms with van der Waals surface area (Å²) in [5, 5.41) is 16.2. The maximum atomic E-state index is 13.8. The smallest absolute Gasteiger partial charge is 0.333 e. The van der Waals surface area contributed by atoms with E-state index < -0.39 is 41.0 Å². The summed E-state index contributed by atoms with van der Waals surface area (Å²) in [5.41, 5.74) is -1.64. The van der Waals surface area contributed by atoms with Crippen LogP contribution in [0.1, 0.15) is 62.3 Å². The van der Waals surface area contributed by atoms with Crippen LogP contribution in [0.3, 0.4) is 0 Å². The van der Waals surface area contributed by atoms with Gasteiger partial charge in [-0.3, -0.25) is 9.59 Å². The van der Waals surface area contributed by atoms with Crippen molar-refractivity contribution in [2.24, 2.45) is 11.3 Å². The van der Waals surface area contributed by atoms with E-state index in [-0.39, 0.29) is 18.4 Å². The Kier molecular flexibility index (Phi) is 10.9. The van der Waals surface area contributed by atoms with Crippen molar-refractivity contribution >= 4 is 17.8 Å². The molecule has 0 heterocycles. The highest BCUT2D eigenvalue weighted by atomic mass is 16.5. The Morgan fingerprint density at radius 2 is 1.61 bits per heavy atom. The summed E-state index contributed by atoms with van der Waals surface area (Å²) < 4.78 is 5.10. The monoisotopic (exact) mass is 441 g/mol. The minimum Gasteiger partial charge on any atom is -0.463 e. The number of likely N-dealkylation sites (N-methyl/N-ethyl adjacent to an activating group) is 2. The molecule has 8 heteroatoms. The largest absolute Gasteiger partial charge is 0.463 e. The van der Waals surface area contributed by atoms with E-state index in [1.54, 1.807) is 40.8 Å². The Bertz CT molecular complexity index is 659. The highest BCUT2D eigenvalue weighted by Crippen LogP contribution is 2.31. The Morgan fingerprint density at radius 1 is 1.10 bits per heavy atom. The zero-order chi connectivity index (χ0) is 24.7. The minimum atomic E-state index is -1.38. The van der Waals surface area contributed by atoms with Crippen LogP contribution < -0.4 is 10.6 Å². The van der Waals surface area contributed by atoms with E-state index in [0.717, 1.165) is 0 Å². The van der Waals surface area contributed by atoms with Gasteiger partial charge in [-0.05, 0) is 46.1 Å². The van der Waals surface area contributed by atoms with Crippen LogP contribution in [-0.4, -0.2) is 72.2 Å². The first-order valence-corrected chi connectivity index (χ1v) is 10.8. The average Bonchev–Trinajstić information content (AvgIpc) is 2.61. The van der Waals surface area contributed by atoms with Crippen molar-refractivity contribution in [3.63, 3.8) is 0 Å². The molecule has 0 aliphatic carbocycles. The summed E-state index contributed by atoms with van der Waals surface area (Å²) in [5.74, 6) is -1.34. The Hall–Kier alpha value is -1.93. The van der Waals surface area contributed by atoms with Crippen LogP contribution in [0.15, 0.2) is 11.6 Å². The average molecular weight is 442 g/mol. The number of aliphatic hydroxyl groups is 1. The quantitative estimate of drug-likeness (QED) is 0.353. The topological polar surface area (TPSA) is 108 Å². The first-order chi connectivity index (χ1) is 14.0. The van der Waals surface area contributed by atoms with Crippen molar-refractivity contribution in [1.29, 1.82) is 0 Å². The highest BCUT2D eigenvalue weighted by molar-refractivity contribution is 5.92. The van der Waals surface area contributed by atoms with E-state index in [2.05, 4.69) is 10.6 Å². The number of nitrogens with zero attached hydrogens (tertiary/aromatic N) is 1. The van der Waals surface area contributed by atoms with Crippen molar-refractivity contribution in [2.75, 3.05) is 20.7 Å². The molecule has 3 atom stereocenters. The van der Waals surface area contributed by atoms with Crippen LogP contribution in [0.4, 0.5) is 0 Å². The second kappa shape index (κ2) is 11.6. The van der Waals surface area contributed by atoms with Gasteiger partial charge in [0.1, 0.15) is 12.1 Å². The molecule has 0 aromatic rings. The predicted molar refractivity (Wildman–Crippen MR) is 122 cm³/mol. The Balaban J connectivity index is 6.87. The van der Waals surface area contributed by atoms with E-state index in [1.165, 1.54) is 11.9 Å². The number of hydrogen-bond donors (Lipinski definition) is 3. The summed E-state index contributed by atoms with van der Waals surface area (Å²) >= 11 is 0. The third-order valence-corrected chi connectivity index (χ3v) is 5.11. The maximum Gasteiger partial charge on any atom is 0.333 e. The lowest BCUT2D eigenvalue weighted by Crippen LogP contribution is -2.65. The van der Waals surface area contributed by atoms with Gasteiger partial charge >= 0.3 is 5.97 Å². The fraction of sp³-hybridized carbons (Fsp3) is 0.783. The molecule has 3 N–H and O–H groups in total. The summed E-state index contributed by atoms with van der Waals surface area (Å²) in [6.45, 7) is 16.2. The third kappa shape index (κ3) is 7.92. The molecule has 0 aromatic heterocycles. The van der Waals surface area contributed by atoms with E-state index >= 15 is 0 Å². The van der Waals surface area contributed by atoms with Crippen LogP contribution in [0, 0.1) is 11.3 Å². The van der Waals surface area contributed by atoms with Gasteiger partial charge in [-0.2, -0.15) is 0 Å². The summed E-state index contributed by atoms with van der Waals surface area (Å²) in [7, 11) is 3.12. The zero-order valence-electron chi connectivity index (χ0n) is 21.1. The standard InChI is InChI=1S/C23H43N3O5/c1-12-31-21(29)15(4)13-16(14(2)3)26(18(19(27)25-11)22(5,6)7)20(28)17(24-10)23(8,9)30/h13-14,16-18,24,30H,12H2,1-11H3,(H,25,27)/b15-13+/t16-,17-,18-/m1/s1. The number of carbonyl (C=O) groups excluding carboxylic acids is 3. The number of ether oxygens (including phenoxy) is 1. The van der Waals surface area contributed by atoms with Gasteiger partial charge in [0.05, 0.1) is 18.2 Å². The van der Waals surface area contributed by atoms with Gasteiger partial charge in [0, 0.05) is 12.6 Å². The summed E-state index contributed by atoms with van der Waals surface area (Å²) in [6.07, 6.45) is 1.68. The number of carbonyl (C=O) groups is 3. The number of rotatable bonds is 10. The van der Waals surface area contributed by atoms with Gasteiger partial charge in [0.15, 0.2) is 0 Å². The van der Waals surface area contributed by atoms with Crippen LogP contribution in [0.25, 0.3) is 0 Å². The highest BCUT2D eigenvalue weighted by Gasteiger charge is 2.46. The fourth-order valence-corrected chi connectivity index (χ4v) is 3.61. The molecule has 31 heavy (non-hydrogen) atoms. The Morgan fingerprint density at radius 3 is 1.94 bits per heavy atom. The lowest BCUT2D eigenvalue weighted by molar-refractivity contribution is -0.153. The second-order valence-corrected chi connectivity index (χ2v) is 9.81. The number of esters is 1.